The third-order valence-electron chi connectivity index (χ3n) is 13.6. The van der Waals surface area contributed by atoms with Crippen LogP contribution in [0.1, 0.15) is 0 Å². The summed E-state index contributed by atoms with van der Waals surface area (Å²) in [6.45, 7) is 0. The largest absolute Gasteiger partial charge is 0.309 e. The van der Waals surface area contributed by atoms with Crippen molar-refractivity contribution < 1.29 is 0 Å². The highest BCUT2D eigenvalue weighted by molar-refractivity contribution is 7.25. The summed E-state index contributed by atoms with van der Waals surface area (Å²) in [5.74, 6) is 1.85. The van der Waals surface area contributed by atoms with E-state index in [1.165, 1.54) is 57.3 Å². The second kappa shape index (κ2) is 17.0. The van der Waals surface area contributed by atoms with Gasteiger partial charge in [0.2, 0.25) is 0 Å². The summed E-state index contributed by atoms with van der Waals surface area (Å²) in [7, 11) is -2.84. The van der Waals surface area contributed by atoms with Crippen LogP contribution in [-0.4, -0.2) is 27.6 Å². The highest BCUT2D eigenvalue weighted by Gasteiger charge is 2.41. The van der Waals surface area contributed by atoms with E-state index < -0.39 is 8.07 Å². The molecule has 13 rings (SSSR count). The molecule has 0 aliphatic carbocycles. The number of aromatic nitrogens is 4. The van der Waals surface area contributed by atoms with Gasteiger partial charge in [-0.1, -0.05) is 212 Å². The second-order valence-electron chi connectivity index (χ2n) is 17.5. The highest BCUT2D eigenvalue weighted by Crippen LogP contribution is 2.37. The zero-order chi connectivity index (χ0) is 45.7. The molecule has 0 N–H and O–H groups in total. The predicted molar refractivity (Wildman–Crippen MR) is 292 cm³/mol. The molecule has 0 saturated heterocycles. The molecule has 0 bridgehead atoms. The maximum absolute atomic E-state index is 5.39. The van der Waals surface area contributed by atoms with Gasteiger partial charge in [-0.05, 0) is 74.3 Å². The Labute approximate surface area is 405 Å². The van der Waals surface area contributed by atoms with Crippen LogP contribution in [0.25, 0.3) is 93.0 Å². The molecule has 4 nitrogen and oxygen atoms in total. The molecule has 0 atom stereocenters. The molecule has 6 heteroatoms. The fourth-order valence-corrected chi connectivity index (χ4v) is 16.3. The first-order valence-electron chi connectivity index (χ1n) is 23.3. The number of nitrogens with zero attached hydrogens (tertiary/aromatic N) is 4. The Balaban J connectivity index is 0.986. The summed E-state index contributed by atoms with van der Waals surface area (Å²) in [6, 6.07) is 92.1. The van der Waals surface area contributed by atoms with E-state index >= 15 is 0 Å². The van der Waals surface area contributed by atoms with E-state index in [1.807, 2.05) is 11.3 Å². The van der Waals surface area contributed by atoms with Gasteiger partial charge in [0.15, 0.2) is 25.5 Å². The van der Waals surface area contributed by atoms with Crippen molar-refractivity contribution in [3.63, 3.8) is 0 Å². The molecule has 69 heavy (non-hydrogen) atoms. The summed E-state index contributed by atoms with van der Waals surface area (Å²) in [6.07, 6.45) is 0. The molecule has 3 heterocycles. The van der Waals surface area contributed by atoms with Gasteiger partial charge < -0.3 is 4.57 Å². The van der Waals surface area contributed by atoms with Crippen molar-refractivity contribution >= 4 is 82.1 Å². The van der Waals surface area contributed by atoms with Crippen molar-refractivity contribution in [1.29, 1.82) is 0 Å². The van der Waals surface area contributed by atoms with Crippen molar-refractivity contribution in [2.45, 2.75) is 0 Å². The molecule has 0 spiro atoms. The molecule has 3 aromatic heterocycles. The van der Waals surface area contributed by atoms with E-state index in [0.717, 1.165) is 39.0 Å². The van der Waals surface area contributed by atoms with Crippen LogP contribution in [0.3, 0.4) is 0 Å². The molecule has 0 aliphatic rings. The van der Waals surface area contributed by atoms with Gasteiger partial charge in [0.25, 0.3) is 0 Å². The van der Waals surface area contributed by atoms with Gasteiger partial charge in [-0.3, -0.25) is 0 Å². The van der Waals surface area contributed by atoms with Crippen LogP contribution in [0.15, 0.2) is 255 Å². The maximum atomic E-state index is 5.39. The minimum atomic E-state index is -2.84. The Bertz CT molecular complexity index is 3860. The molecule has 0 radical (unpaired) electrons. The number of fused-ring (bicyclic) bond motifs is 6. The summed E-state index contributed by atoms with van der Waals surface area (Å²) in [5, 5.41) is 10.2. The third kappa shape index (κ3) is 7.00. The van der Waals surface area contributed by atoms with Gasteiger partial charge in [-0.25, -0.2) is 15.0 Å². The van der Waals surface area contributed by atoms with Crippen molar-refractivity contribution in [3.8, 4) is 51.0 Å². The van der Waals surface area contributed by atoms with E-state index in [9.17, 15) is 0 Å². The minimum Gasteiger partial charge on any atom is -0.309 e. The molecule has 324 valence electrons. The monoisotopic (exact) mass is 914 g/mol. The average molecular weight is 915 g/mol. The number of hydrogen-bond acceptors (Lipinski definition) is 4. The van der Waals surface area contributed by atoms with E-state index in [-0.39, 0.29) is 0 Å². The quantitative estimate of drug-likeness (QED) is 0.107. The molecule has 10 aromatic carbocycles. The SMILES string of the molecule is c1ccc([Si](c2ccccc2)(c2ccccc2)c2cccc(-c3nc(-c4ccc(-c5ccc6sc7ccccc7c6c5)cc4)nc(-c4cccc(-n5c6ccccc6c6ccccc65)c4)n3)c2)cc1. The molecule has 0 saturated carbocycles. The van der Waals surface area contributed by atoms with Crippen molar-refractivity contribution in [2.75, 3.05) is 0 Å². The normalized spacial score (nSPS) is 11.8. The zero-order valence-corrected chi connectivity index (χ0v) is 39.3. The number of benzene rings is 10. The number of rotatable bonds is 9. The van der Waals surface area contributed by atoms with Gasteiger partial charge in [0.05, 0.1) is 11.0 Å². The fourth-order valence-electron chi connectivity index (χ4n) is 10.4. The van der Waals surface area contributed by atoms with Gasteiger partial charge in [-0.15, -0.1) is 11.3 Å². The molecule has 0 aliphatic heterocycles. The summed E-state index contributed by atoms with van der Waals surface area (Å²) in [4.78, 5) is 16.1. The first-order chi connectivity index (χ1) is 34.2. The van der Waals surface area contributed by atoms with Crippen molar-refractivity contribution in [2.24, 2.45) is 0 Å². The lowest BCUT2D eigenvalue weighted by Crippen LogP contribution is -2.74. The number of hydrogen-bond donors (Lipinski definition) is 0. The van der Waals surface area contributed by atoms with Crippen LogP contribution in [0.5, 0.6) is 0 Å². The van der Waals surface area contributed by atoms with Gasteiger partial charge in [-0.2, -0.15) is 0 Å². The summed E-state index contributed by atoms with van der Waals surface area (Å²) >= 11 is 1.84. The Kier molecular flexibility index (Phi) is 10.00. The molecule has 13 aromatic rings. The molecular formula is C63H42N4SSi. The topological polar surface area (TPSA) is 43.6 Å². The van der Waals surface area contributed by atoms with E-state index in [2.05, 4.69) is 259 Å². The van der Waals surface area contributed by atoms with Crippen LogP contribution in [0.4, 0.5) is 0 Å². The number of thiophene rings is 1. The van der Waals surface area contributed by atoms with Gasteiger partial charge in [0, 0.05) is 53.3 Å². The van der Waals surface area contributed by atoms with Crippen LogP contribution in [0.2, 0.25) is 0 Å². The predicted octanol–water partition coefficient (Wildman–Crippen LogP) is 13.4. The summed E-state index contributed by atoms with van der Waals surface area (Å²) < 4.78 is 4.95. The Morgan fingerprint density at radius 1 is 0.290 bits per heavy atom. The van der Waals surface area contributed by atoms with Gasteiger partial charge >= 0.3 is 0 Å². The second-order valence-corrected chi connectivity index (χ2v) is 22.4. The first-order valence-corrected chi connectivity index (χ1v) is 26.2. The Morgan fingerprint density at radius 2 is 0.739 bits per heavy atom. The lowest BCUT2D eigenvalue weighted by Gasteiger charge is -2.34. The molecular weight excluding hydrogens is 873 g/mol. The van der Waals surface area contributed by atoms with Crippen LogP contribution >= 0.6 is 11.3 Å². The minimum absolute atomic E-state index is 0.611. The highest BCUT2D eigenvalue weighted by atomic mass is 32.1. The Morgan fingerprint density at radius 3 is 1.35 bits per heavy atom. The van der Waals surface area contributed by atoms with Gasteiger partial charge in [0.1, 0.15) is 0 Å². The molecule has 0 fully saturated rings. The van der Waals surface area contributed by atoms with E-state index in [0.29, 0.717) is 17.5 Å². The van der Waals surface area contributed by atoms with Crippen LogP contribution in [-0.2, 0) is 0 Å². The number of para-hydroxylation sites is 2. The van der Waals surface area contributed by atoms with Crippen LogP contribution in [0, 0.1) is 0 Å². The average Bonchev–Trinajstić information content (AvgIpc) is 3.98. The fraction of sp³-hybridized carbons (Fsp3) is 0. The van der Waals surface area contributed by atoms with Crippen molar-refractivity contribution in [3.05, 3.63) is 255 Å². The van der Waals surface area contributed by atoms with Crippen LogP contribution < -0.4 is 20.7 Å². The zero-order valence-electron chi connectivity index (χ0n) is 37.4. The standard InChI is InChI=1S/C63H42N4SSi/c1-4-21-49(22-5-1)69(50-23-6-2-7-24-50,51-25-8-3-9-26-51)52-27-17-19-47(41-52)63-65-61(44-36-34-43(35-37-44)45-38-39-60-56(42-45)55-30-12-15-33-59(55)68-60)64-62(66-63)46-18-16-20-48(40-46)67-57-31-13-10-28-53(57)54-29-11-14-32-58(54)67/h1-42H. The maximum Gasteiger partial charge on any atom is 0.179 e. The molecule has 0 amide bonds. The van der Waals surface area contributed by atoms with Crippen molar-refractivity contribution in [1.82, 2.24) is 19.5 Å². The Hall–Kier alpha value is -8.55. The van der Waals surface area contributed by atoms with E-state index in [4.69, 9.17) is 15.0 Å². The first kappa shape index (κ1) is 40.7. The lowest BCUT2D eigenvalue weighted by molar-refractivity contribution is 1.07. The molecule has 0 unspecified atom stereocenters. The lowest BCUT2D eigenvalue weighted by atomic mass is 10.0. The van der Waals surface area contributed by atoms with E-state index in [1.54, 1.807) is 0 Å². The summed E-state index contributed by atoms with van der Waals surface area (Å²) in [5.41, 5.74) is 8.42. The smallest absolute Gasteiger partial charge is 0.179 e. The third-order valence-corrected chi connectivity index (χ3v) is 19.5.